The SMILES string of the molecule is CN.NCCCNCCCCNCCCN. The lowest BCUT2D eigenvalue weighted by Gasteiger charge is -2.04. The van der Waals surface area contributed by atoms with Gasteiger partial charge in [0.15, 0.2) is 0 Å². The van der Waals surface area contributed by atoms with Gasteiger partial charge in [-0.1, -0.05) is 0 Å². The Hall–Kier alpha value is -0.200. The van der Waals surface area contributed by atoms with E-state index in [1.54, 1.807) is 0 Å². The molecule has 0 rings (SSSR count). The Morgan fingerprint density at radius 1 is 0.625 bits per heavy atom. The van der Waals surface area contributed by atoms with Gasteiger partial charge in [0.1, 0.15) is 0 Å². The van der Waals surface area contributed by atoms with Gasteiger partial charge in [-0.3, -0.25) is 0 Å². The van der Waals surface area contributed by atoms with Gasteiger partial charge in [0.05, 0.1) is 0 Å². The summed E-state index contributed by atoms with van der Waals surface area (Å²) in [5, 5.41) is 6.72. The maximum absolute atomic E-state index is 5.38. The van der Waals surface area contributed by atoms with Gasteiger partial charge in [-0.25, -0.2) is 0 Å². The highest BCUT2D eigenvalue weighted by molar-refractivity contribution is 4.52. The average molecular weight is 233 g/mol. The molecule has 5 heteroatoms. The number of unbranched alkanes of at least 4 members (excludes halogenated alkanes) is 1. The third-order valence-corrected chi connectivity index (χ3v) is 2.07. The van der Waals surface area contributed by atoms with Crippen molar-refractivity contribution in [1.82, 2.24) is 10.6 Å². The van der Waals surface area contributed by atoms with Crippen LogP contribution in [0.1, 0.15) is 25.7 Å². The van der Waals surface area contributed by atoms with E-state index in [4.69, 9.17) is 11.5 Å². The molecular weight excluding hydrogens is 202 g/mol. The Kier molecular flexibility index (Phi) is 23.0. The lowest BCUT2D eigenvalue weighted by molar-refractivity contribution is 0.570. The smallest absolute Gasteiger partial charge is 0.00369 e. The molecule has 0 amide bonds. The van der Waals surface area contributed by atoms with Crippen molar-refractivity contribution in [3.8, 4) is 0 Å². The van der Waals surface area contributed by atoms with Gasteiger partial charge in [-0.15, -0.1) is 0 Å². The molecule has 0 unspecified atom stereocenters. The molecule has 16 heavy (non-hydrogen) atoms. The van der Waals surface area contributed by atoms with Crippen LogP contribution in [0.25, 0.3) is 0 Å². The van der Waals surface area contributed by atoms with Crippen molar-refractivity contribution in [1.29, 1.82) is 0 Å². The molecule has 100 valence electrons. The second kappa shape index (κ2) is 20.2. The third-order valence-electron chi connectivity index (χ3n) is 2.07. The number of hydrogen-bond acceptors (Lipinski definition) is 5. The van der Waals surface area contributed by atoms with Gasteiger partial charge >= 0.3 is 0 Å². The average Bonchev–Trinajstić information content (AvgIpc) is 2.34. The van der Waals surface area contributed by atoms with Crippen LogP contribution >= 0.6 is 0 Å². The zero-order valence-electron chi connectivity index (χ0n) is 10.8. The minimum Gasteiger partial charge on any atom is -0.333 e. The summed E-state index contributed by atoms with van der Waals surface area (Å²) < 4.78 is 0. The van der Waals surface area contributed by atoms with Crippen LogP contribution in [-0.2, 0) is 0 Å². The van der Waals surface area contributed by atoms with Gasteiger partial charge in [-0.05, 0) is 72.0 Å². The van der Waals surface area contributed by atoms with Gasteiger partial charge in [0, 0.05) is 0 Å². The van der Waals surface area contributed by atoms with Gasteiger partial charge in [0.2, 0.25) is 0 Å². The summed E-state index contributed by atoms with van der Waals surface area (Å²) in [6.07, 6.45) is 4.63. The van der Waals surface area contributed by atoms with Crippen LogP contribution < -0.4 is 27.8 Å². The molecule has 0 saturated carbocycles. The maximum atomic E-state index is 5.38. The van der Waals surface area contributed by atoms with Crippen molar-refractivity contribution in [3.05, 3.63) is 0 Å². The molecule has 5 nitrogen and oxygen atoms in total. The number of hydrogen-bond donors (Lipinski definition) is 5. The highest BCUT2D eigenvalue weighted by Crippen LogP contribution is 1.84. The molecular formula is C11H31N5. The van der Waals surface area contributed by atoms with Crippen molar-refractivity contribution >= 4 is 0 Å². The molecule has 0 aliphatic heterocycles. The number of nitrogens with one attached hydrogen (secondary N) is 2. The summed E-state index contributed by atoms with van der Waals surface area (Å²) in [5.74, 6) is 0. The second-order valence-corrected chi connectivity index (χ2v) is 3.49. The van der Waals surface area contributed by atoms with Crippen molar-refractivity contribution in [2.75, 3.05) is 46.3 Å². The lowest BCUT2D eigenvalue weighted by atomic mass is 10.3. The van der Waals surface area contributed by atoms with E-state index in [-0.39, 0.29) is 0 Å². The molecule has 0 spiro atoms. The Labute approximate surface area is 101 Å². The standard InChI is InChI=1S/C10H26N4.CH5N/c11-5-3-9-13-7-1-2-8-14-10-4-6-12;1-2/h13-14H,1-12H2;2H2,1H3. The fourth-order valence-corrected chi connectivity index (χ4v) is 1.20. The zero-order valence-corrected chi connectivity index (χ0v) is 10.8. The van der Waals surface area contributed by atoms with E-state index in [9.17, 15) is 0 Å². The van der Waals surface area contributed by atoms with Crippen LogP contribution in [0.2, 0.25) is 0 Å². The predicted octanol–water partition coefficient (Wildman–Crippen LogP) is -0.782. The molecule has 8 N–H and O–H groups in total. The van der Waals surface area contributed by atoms with Crippen molar-refractivity contribution in [2.45, 2.75) is 25.7 Å². The quantitative estimate of drug-likeness (QED) is 0.301. The molecule has 0 aromatic carbocycles. The Morgan fingerprint density at radius 2 is 0.938 bits per heavy atom. The van der Waals surface area contributed by atoms with Crippen LogP contribution in [0.3, 0.4) is 0 Å². The molecule has 0 aliphatic rings. The van der Waals surface area contributed by atoms with Crippen molar-refractivity contribution in [2.24, 2.45) is 17.2 Å². The minimum atomic E-state index is 0.785. The fourth-order valence-electron chi connectivity index (χ4n) is 1.20. The van der Waals surface area contributed by atoms with E-state index in [1.165, 1.54) is 19.9 Å². The van der Waals surface area contributed by atoms with E-state index in [0.717, 1.165) is 52.1 Å². The minimum absolute atomic E-state index is 0.785. The van der Waals surface area contributed by atoms with E-state index in [2.05, 4.69) is 16.4 Å². The molecule has 0 bridgehead atoms. The van der Waals surface area contributed by atoms with Gasteiger partial charge in [0.25, 0.3) is 0 Å². The largest absolute Gasteiger partial charge is 0.333 e. The first-order chi connectivity index (χ1) is 7.91. The normalized spacial score (nSPS) is 9.75. The summed E-state index contributed by atoms with van der Waals surface area (Å²) >= 11 is 0. The highest BCUT2D eigenvalue weighted by Gasteiger charge is 1.89. The Bertz CT molecular complexity index is 88.4. The molecule has 0 saturated heterocycles. The molecule has 0 aromatic rings. The van der Waals surface area contributed by atoms with Gasteiger partial charge in [-0.2, -0.15) is 0 Å². The van der Waals surface area contributed by atoms with Crippen LogP contribution in [0.15, 0.2) is 0 Å². The zero-order chi connectivity index (χ0) is 12.5. The molecule has 0 radical (unpaired) electrons. The molecule has 0 fully saturated rings. The third kappa shape index (κ3) is 19.4. The first-order valence-electron chi connectivity index (χ1n) is 6.31. The lowest BCUT2D eigenvalue weighted by Crippen LogP contribution is -2.22. The summed E-state index contributed by atoms with van der Waals surface area (Å²) in [5.41, 5.74) is 15.3. The van der Waals surface area contributed by atoms with E-state index >= 15 is 0 Å². The number of nitrogens with two attached hydrogens (primary N) is 3. The first-order valence-corrected chi connectivity index (χ1v) is 6.31. The van der Waals surface area contributed by atoms with Crippen LogP contribution in [0.4, 0.5) is 0 Å². The summed E-state index contributed by atoms with van der Waals surface area (Å²) in [6, 6.07) is 0. The summed E-state index contributed by atoms with van der Waals surface area (Å²) in [7, 11) is 1.50. The van der Waals surface area contributed by atoms with Gasteiger partial charge < -0.3 is 27.8 Å². The maximum Gasteiger partial charge on any atom is -0.00369 e. The molecule has 0 heterocycles. The molecule has 0 aromatic heterocycles. The first kappa shape index (κ1) is 18.2. The highest BCUT2D eigenvalue weighted by atomic mass is 14.9. The summed E-state index contributed by atoms with van der Waals surface area (Å²) in [4.78, 5) is 0. The molecule has 0 atom stereocenters. The second-order valence-electron chi connectivity index (χ2n) is 3.49. The molecule has 0 aliphatic carbocycles. The van der Waals surface area contributed by atoms with Crippen LogP contribution in [-0.4, -0.2) is 46.3 Å². The number of rotatable bonds is 11. The Balaban J connectivity index is 0. The van der Waals surface area contributed by atoms with Crippen molar-refractivity contribution < 1.29 is 0 Å². The van der Waals surface area contributed by atoms with E-state index < -0.39 is 0 Å². The fraction of sp³-hybridized carbons (Fsp3) is 1.00. The summed E-state index contributed by atoms with van der Waals surface area (Å²) in [6.45, 7) is 5.90. The van der Waals surface area contributed by atoms with Crippen LogP contribution in [0, 0.1) is 0 Å². The predicted molar refractivity (Wildman–Crippen MR) is 72.4 cm³/mol. The topological polar surface area (TPSA) is 102 Å². The van der Waals surface area contributed by atoms with E-state index in [0.29, 0.717) is 0 Å². The monoisotopic (exact) mass is 233 g/mol. The Morgan fingerprint density at radius 3 is 1.25 bits per heavy atom. The van der Waals surface area contributed by atoms with Crippen LogP contribution in [0.5, 0.6) is 0 Å². The van der Waals surface area contributed by atoms with E-state index in [1.807, 2.05) is 0 Å². The van der Waals surface area contributed by atoms with Crippen molar-refractivity contribution in [3.63, 3.8) is 0 Å².